The lowest BCUT2D eigenvalue weighted by atomic mass is 9.90. The van der Waals surface area contributed by atoms with Crippen LogP contribution in [-0.4, -0.2) is 43.1 Å². The number of carbonyl (C=O) groups excluding carboxylic acids is 4. The van der Waals surface area contributed by atoms with Gasteiger partial charge in [-0.05, 0) is 33.0 Å². The quantitative estimate of drug-likeness (QED) is 0.0760. The van der Waals surface area contributed by atoms with Crippen LogP contribution >= 0.6 is 46.4 Å². The number of imide groups is 2. The highest BCUT2D eigenvalue weighted by Crippen LogP contribution is 2.50. The number of hydrogen-bond acceptors (Lipinski definition) is 4. The third-order valence-corrected chi connectivity index (χ3v) is 7.22. The van der Waals surface area contributed by atoms with E-state index in [2.05, 4.69) is 47.5 Å². The van der Waals surface area contributed by atoms with Gasteiger partial charge in [0, 0.05) is 30.3 Å². The van der Waals surface area contributed by atoms with Gasteiger partial charge in [0.1, 0.15) is 0 Å². The van der Waals surface area contributed by atoms with Crippen molar-refractivity contribution in [3.63, 3.8) is 0 Å². The smallest absolute Gasteiger partial charge is 0.324 e. The van der Waals surface area contributed by atoms with E-state index in [1.807, 2.05) is 23.5 Å². The minimum Gasteiger partial charge on any atom is -0.351 e. The normalized spacial score (nSPS) is 10.4. The van der Waals surface area contributed by atoms with Crippen molar-refractivity contribution in [3.05, 3.63) is 68.6 Å². The lowest BCUT2D eigenvalue weighted by Crippen LogP contribution is -2.41. The molecular weight excluding hydrogens is 602 g/mol. The molecule has 0 aliphatic rings. The van der Waals surface area contributed by atoms with Crippen molar-refractivity contribution in [2.45, 2.75) is 0 Å². The second kappa shape index (κ2) is 12.5. The highest BCUT2D eigenvalue weighted by Gasteiger charge is 2.21. The standard InChI is InChI=1S/C20H8Cl4.C4H9N3O2.C2H5N3O2/c21-13-8-7-11-10-5-1-3-9-4-2-6-12(14(9)10)16-15(11)17(13)19(23)20(24)18(16)22;1-7(2)4(9)6-3(5)8;3-1(6)5-2(4)7/h1-8H;1-2H3,(H3,5,6,8,9);(H5,3,4,5,6,7). The Balaban J connectivity index is 0.000000230. The molecule has 0 saturated carbocycles. The van der Waals surface area contributed by atoms with Gasteiger partial charge in [0.05, 0.1) is 20.1 Å². The summed E-state index contributed by atoms with van der Waals surface area (Å²) in [6.07, 6.45) is 0. The molecule has 0 heterocycles. The summed E-state index contributed by atoms with van der Waals surface area (Å²) in [5.74, 6) is 0. The third kappa shape index (κ3) is 6.26. The molecule has 40 heavy (non-hydrogen) atoms. The van der Waals surface area contributed by atoms with E-state index in [1.165, 1.54) is 29.8 Å². The van der Waals surface area contributed by atoms with Gasteiger partial charge >= 0.3 is 24.1 Å². The number of nitrogens with two attached hydrogens (primary N) is 3. The molecule has 0 fully saturated rings. The minimum atomic E-state index is -0.938. The second-order valence-corrected chi connectivity index (χ2v) is 9.95. The van der Waals surface area contributed by atoms with E-state index in [0.717, 1.165) is 32.3 Å². The van der Waals surface area contributed by atoms with E-state index >= 15 is 0 Å². The monoisotopic (exact) mass is 622 g/mol. The first-order valence-corrected chi connectivity index (χ1v) is 12.7. The van der Waals surface area contributed by atoms with E-state index in [9.17, 15) is 19.2 Å². The fourth-order valence-corrected chi connectivity index (χ4v) is 5.19. The van der Waals surface area contributed by atoms with Crippen LogP contribution in [0.4, 0.5) is 19.2 Å². The zero-order valence-corrected chi connectivity index (χ0v) is 24.0. The average molecular weight is 624 g/mol. The van der Waals surface area contributed by atoms with Crippen LogP contribution in [0.2, 0.25) is 20.1 Å². The molecule has 208 valence electrons. The van der Waals surface area contributed by atoms with Crippen LogP contribution in [0.25, 0.3) is 43.1 Å². The number of amides is 8. The molecule has 0 aliphatic carbocycles. The van der Waals surface area contributed by atoms with Gasteiger partial charge in [0.25, 0.3) is 0 Å². The average Bonchev–Trinajstić information content (AvgIpc) is 2.86. The third-order valence-electron chi connectivity index (χ3n) is 5.58. The Morgan fingerprint density at radius 3 is 1.57 bits per heavy atom. The lowest BCUT2D eigenvalue weighted by Gasteiger charge is -2.18. The first kappa shape index (κ1) is 30.6. The second-order valence-electron chi connectivity index (χ2n) is 8.41. The van der Waals surface area contributed by atoms with E-state index in [1.54, 1.807) is 5.32 Å². The summed E-state index contributed by atoms with van der Waals surface area (Å²) in [4.78, 5) is 40.9. The van der Waals surface area contributed by atoms with Gasteiger partial charge in [-0.1, -0.05) is 88.9 Å². The first-order chi connectivity index (χ1) is 18.8. The molecular formula is C26H22Cl4N6O4. The predicted molar refractivity (Wildman–Crippen MR) is 162 cm³/mol. The Morgan fingerprint density at radius 1 is 0.600 bits per heavy atom. The highest BCUT2D eigenvalue weighted by molar-refractivity contribution is 6.57. The summed E-state index contributed by atoms with van der Waals surface area (Å²) in [7, 11) is 3.02. The molecule has 0 aromatic heterocycles. The molecule has 0 spiro atoms. The molecule has 10 nitrogen and oxygen atoms in total. The van der Waals surface area contributed by atoms with Gasteiger partial charge in [0.2, 0.25) is 0 Å². The number of rotatable bonds is 0. The van der Waals surface area contributed by atoms with Gasteiger partial charge in [-0.2, -0.15) is 0 Å². The van der Waals surface area contributed by atoms with Crippen molar-refractivity contribution in [2.75, 3.05) is 14.1 Å². The number of primary amides is 3. The fourth-order valence-electron chi connectivity index (χ4n) is 4.07. The maximum absolute atomic E-state index is 10.5. The van der Waals surface area contributed by atoms with Crippen LogP contribution in [0.5, 0.6) is 0 Å². The van der Waals surface area contributed by atoms with Gasteiger partial charge in [-0.15, -0.1) is 0 Å². The van der Waals surface area contributed by atoms with Crippen LogP contribution in [0.1, 0.15) is 0 Å². The van der Waals surface area contributed by atoms with Gasteiger partial charge in [-0.3, -0.25) is 10.6 Å². The fraction of sp³-hybridized carbons (Fsp3) is 0.0769. The molecule has 0 saturated heterocycles. The van der Waals surface area contributed by atoms with Crippen LogP contribution in [0.3, 0.4) is 0 Å². The van der Waals surface area contributed by atoms with E-state index in [-0.39, 0.29) is 0 Å². The van der Waals surface area contributed by atoms with Gasteiger partial charge in [-0.25, -0.2) is 19.2 Å². The van der Waals surface area contributed by atoms with Gasteiger partial charge in [0.15, 0.2) is 0 Å². The van der Waals surface area contributed by atoms with Crippen molar-refractivity contribution in [3.8, 4) is 0 Å². The van der Waals surface area contributed by atoms with Crippen molar-refractivity contribution in [1.82, 2.24) is 15.5 Å². The molecule has 5 aromatic carbocycles. The highest BCUT2D eigenvalue weighted by atomic mass is 35.5. The number of benzene rings is 5. The van der Waals surface area contributed by atoms with Crippen molar-refractivity contribution in [2.24, 2.45) is 17.2 Å². The Labute approximate surface area is 247 Å². The minimum absolute atomic E-state index is 0.344. The largest absolute Gasteiger partial charge is 0.351 e. The number of fused-ring (bicyclic) bond motifs is 2. The number of urea groups is 4. The summed E-state index contributed by atoms with van der Waals surface area (Å²) < 4.78 is 0. The molecule has 0 bridgehead atoms. The van der Waals surface area contributed by atoms with E-state index in [4.69, 9.17) is 46.4 Å². The van der Waals surface area contributed by atoms with E-state index < -0.39 is 24.1 Å². The zero-order valence-electron chi connectivity index (χ0n) is 20.9. The zero-order chi connectivity index (χ0) is 29.9. The van der Waals surface area contributed by atoms with Crippen LogP contribution in [0, 0.1) is 0 Å². The van der Waals surface area contributed by atoms with Crippen LogP contribution in [-0.2, 0) is 0 Å². The number of hydrogen-bond donors (Lipinski definition) is 5. The SMILES string of the molecule is CN(C)C(=O)NC(N)=O.Clc1c(Cl)c2c(Cl)ccc3c4cccc5cccc(c(c1Cl)c23)c54.NC(=O)NC(N)=O. The molecule has 5 aromatic rings. The molecule has 0 radical (unpaired) electrons. The molecule has 0 unspecified atom stereocenters. The molecule has 14 heteroatoms. The molecule has 5 rings (SSSR count). The van der Waals surface area contributed by atoms with Crippen molar-refractivity contribution >= 4 is 114 Å². The Kier molecular flexibility index (Phi) is 9.54. The van der Waals surface area contributed by atoms with E-state index in [0.29, 0.717) is 20.1 Å². The summed E-state index contributed by atoms with van der Waals surface area (Å²) in [5, 5.41) is 13.5. The van der Waals surface area contributed by atoms with Gasteiger partial charge < -0.3 is 22.1 Å². The Morgan fingerprint density at radius 2 is 1.10 bits per heavy atom. The topological polar surface area (TPSA) is 174 Å². The first-order valence-electron chi connectivity index (χ1n) is 11.2. The summed E-state index contributed by atoms with van der Waals surface area (Å²) in [6.45, 7) is 0. The predicted octanol–water partition coefficient (Wildman–Crippen LogP) is 6.42. The summed E-state index contributed by atoms with van der Waals surface area (Å²) in [5.41, 5.74) is 13.5. The number of nitrogens with one attached hydrogen (secondary N) is 2. The van der Waals surface area contributed by atoms with Crippen LogP contribution < -0.4 is 27.8 Å². The molecule has 0 aliphatic heterocycles. The molecule has 8 amide bonds. The number of halogens is 4. The Bertz CT molecular complexity index is 1780. The summed E-state index contributed by atoms with van der Waals surface area (Å²) >= 11 is 26.0. The van der Waals surface area contributed by atoms with Crippen LogP contribution in [0.15, 0.2) is 48.5 Å². The Hall–Kier alpha value is -3.96. The lowest BCUT2D eigenvalue weighted by molar-refractivity contribution is 0.213. The maximum Gasteiger partial charge on any atom is 0.324 e. The summed E-state index contributed by atoms with van der Waals surface area (Å²) in [6, 6.07) is 13.2. The number of nitrogens with zero attached hydrogens (tertiary/aromatic N) is 1. The van der Waals surface area contributed by atoms with Crippen molar-refractivity contribution in [1.29, 1.82) is 0 Å². The maximum atomic E-state index is 10.5. The molecule has 0 atom stereocenters. The van der Waals surface area contributed by atoms with Crippen molar-refractivity contribution < 1.29 is 19.2 Å². The molecule has 8 N–H and O–H groups in total. The number of carbonyl (C=O) groups is 4.